The Morgan fingerprint density at radius 2 is 2.29 bits per heavy atom. The Morgan fingerprint density at radius 3 is 2.95 bits per heavy atom. The molecule has 1 aliphatic heterocycles. The number of carbonyl (C=O) groups is 1. The molecule has 1 atom stereocenters. The molecule has 1 saturated heterocycles. The van der Waals surface area contributed by atoms with Crippen LogP contribution in [-0.2, 0) is 17.8 Å². The van der Waals surface area contributed by atoms with Crippen LogP contribution in [0.3, 0.4) is 0 Å². The summed E-state index contributed by atoms with van der Waals surface area (Å²) >= 11 is 0. The maximum absolute atomic E-state index is 12.2. The smallest absolute Gasteiger partial charge is 0.226 e. The molecule has 2 rings (SSSR count). The third-order valence-corrected chi connectivity index (χ3v) is 4.23. The van der Waals surface area contributed by atoms with Crippen LogP contribution in [0.15, 0.2) is 4.52 Å². The van der Waals surface area contributed by atoms with E-state index in [2.05, 4.69) is 22.1 Å². The zero-order valence-corrected chi connectivity index (χ0v) is 13.3. The first kappa shape index (κ1) is 15.9. The molecule has 0 spiro atoms. The van der Waals surface area contributed by atoms with Gasteiger partial charge in [0.15, 0.2) is 5.82 Å². The summed E-state index contributed by atoms with van der Waals surface area (Å²) in [5.74, 6) is 1.35. The minimum Gasteiger partial charge on any atom is -0.339 e. The highest BCUT2D eigenvalue weighted by Gasteiger charge is 2.21. The Balaban J connectivity index is 1.76. The predicted molar refractivity (Wildman–Crippen MR) is 79.7 cm³/mol. The number of piperidine rings is 1. The van der Waals surface area contributed by atoms with E-state index in [0.717, 1.165) is 19.4 Å². The van der Waals surface area contributed by atoms with E-state index < -0.39 is 0 Å². The maximum atomic E-state index is 12.2. The molecule has 0 unspecified atom stereocenters. The van der Waals surface area contributed by atoms with Crippen LogP contribution in [0.1, 0.15) is 50.7 Å². The zero-order chi connectivity index (χ0) is 15.2. The van der Waals surface area contributed by atoms with Gasteiger partial charge in [0, 0.05) is 25.9 Å². The summed E-state index contributed by atoms with van der Waals surface area (Å²) in [6.07, 6.45) is 6.01. The van der Waals surface area contributed by atoms with Crippen LogP contribution in [0.2, 0.25) is 0 Å². The fourth-order valence-electron chi connectivity index (χ4n) is 2.79. The Hall–Kier alpha value is -1.43. The van der Waals surface area contributed by atoms with Crippen molar-refractivity contribution in [2.75, 3.05) is 20.6 Å². The Bertz CT molecular complexity index is 460. The molecule has 6 heteroatoms. The number of nitrogens with zero attached hydrogens (tertiary/aromatic N) is 4. The number of hydrogen-bond acceptors (Lipinski definition) is 5. The van der Waals surface area contributed by atoms with E-state index in [4.69, 9.17) is 4.52 Å². The lowest BCUT2D eigenvalue weighted by Gasteiger charge is -2.32. The molecule has 1 aromatic rings. The van der Waals surface area contributed by atoms with E-state index in [1.165, 1.54) is 19.3 Å². The van der Waals surface area contributed by atoms with Crippen LogP contribution in [0, 0.1) is 0 Å². The van der Waals surface area contributed by atoms with Gasteiger partial charge in [-0.3, -0.25) is 4.79 Å². The molecular formula is C15H26N4O2. The van der Waals surface area contributed by atoms with Crippen LogP contribution < -0.4 is 0 Å². The van der Waals surface area contributed by atoms with Crippen LogP contribution in [0.25, 0.3) is 0 Å². The number of amides is 1. The number of carbonyl (C=O) groups excluding carboxylic acids is 1. The van der Waals surface area contributed by atoms with Crippen molar-refractivity contribution in [1.29, 1.82) is 0 Å². The summed E-state index contributed by atoms with van der Waals surface area (Å²) in [6, 6.07) is 0.549. The number of aryl methyl sites for hydroxylation is 1. The van der Waals surface area contributed by atoms with Gasteiger partial charge >= 0.3 is 0 Å². The number of rotatable bonds is 6. The van der Waals surface area contributed by atoms with E-state index in [9.17, 15) is 4.79 Å². The highest BCUT2D eigenvalue weighted by molar-refractivity contribution is 5.75. The van der Waals surface area contributed by atoms with Crippen molar-refractivity contribution in [1.82, 2.24) is 19.9 Å². The number of hydrogen-bond donors (Lipinski definition) is 0. The van der Waals surface area contributed by atoms with E-state index in [1.54, 1.807) is 11.9 Å². The van der Waals surface area contributed by atoms with Crippen LogP contribution in [0.4, 0.5) is 0 Å². The SMILES string of the molecule is CCc1nc(CN(C)C(=O)CC[C@H]2CCCCN2C)no1. The van der Waals surface area contributed by atoms with Crippen LogP contribution in [0.5, 0.6) is 0 Å². The van der Waals surface area contributed by atoms with Crippen LogP contribution in [-0.4, -0.2) is 52.5 Å². The van der Waals surface area contributed by atoms with Crippen molar-refractivity contribution < 1.29 is 9.32 Å². The van der Waals surface area contributed by atoms with Gasteiger partial charge in [-0.2, -0.15) is 4.98 Å². The first-order chi connectivity index (χ1) is 10.1. The van der Waals surface area contributed by atoms with Crippen molar-refractivity contribution in [2.24, 2.45) is 0 Å². The lowest BCUT2D eigenvalue weighted by atomic mass is 9.98. The summed E-state index contributed by atoms with van der Waals surface area (Å²) in [6.45, 7) is 3.53. The molecule has 2 heterocycles. The topological polar surface area (TPSA) is 62.5 Å². The molecule has 6 nitrogen and oxygen atoms in total. The van der Waals surface area contributed by atoms with Gasteiger partial charge in [0.25, 0.3) is 0 Å². The lowest BCUT2D eigenvalue weighted by molar-refractivity contribution is -0.131. The second-order valence-electron chi connectivity index (χ2n) is 5.88. The normalized spacial score (nSPS) is 19.7. The standard InChI is InChI=1S/C15H26N4O2/c1-4-14-16-13(17-21-14)11-19(3)15(20)9-8-12-7-5-6-10-18(12)2/h12H,4-11H2,1-3H3/t12-/m1/s1. The molecule has 0 bridgehead atoms. The zero-order valence-electron chi connectivity index (χ0n) is 13.3. The summed E-state index contributed by atoms with van der Waals surface area (Å²) in [4.78, 5) is 20.5. The second kappa shape index (κ2) is 7.54. The van der Waals surface area contributed by atoms with Gasteiger partial charge in [-0.1, -0.05) is 18.5 Å². The lowest BCUT2D eigenvalue weighted by Crippen LogP contribution is -2.37. The van der Waals surface area contributed by atoms with Gasteiger partial charge in [-0.05, 0) is 32.9 Å². The van der Waals surface area contributed by atoms with E-state index in [1.807, 2.05) is 6.92 Å². The second-order valence-corrected chi connectivity index (χ2v) is 5.88. The average Bonchev–Trinajstić information content (AvgIpc) is 2.93. The monoisotopic (exact) mass is 294 g/mol. The van der Waals surface area contributed by atoms with E-state index in [0.29, 0.717) is 30.7 Å². The maximum Gasteiger partial charge on any atom is 0.226 e. The summed E-state index contributed by atoms with van der Waals surface area (Å²) in [5.41, 5.74) is 0. The van der Waals surface area contributed by atoms with Gasteiger partial charge in [0.2, 0.25) is 11.8 Å². The van der Waals surface area contributed by atoms with Gasteiger partial charge < -0.3 is 14.3 Å². The molecule has 118 valence electrons. The molecule has 1 fully saturated rings. The summed E-state index contributed by atoms with van der Waals surface area (Å²) in [7, 11) is 3.96. The molecular weight excluding hydrogens is 268 g/mol. The average molecular weight is 294 g/mol. The molecule has 0 aromatic carbocycles. The largest absolute Gasteiger partial charge is 0.339 e. The van der Waals surface area contributed by atoms with Gasteiger partial charge in [0.1, 0.15) is 0 Å². The molecule has 1 amide bonds. The molecule has 21 heavy (non-hydrogen) atoms. The quantitative estimate of drug-likeness (QED) is 0.801. The van der Waals surface area contributed by atoms with Gasteiger partial charge in [-0.15, -0.1) is 0 Å². The molecule has 0 aliphatic carbocycles. The Kier molecular flexibility index (Phi) is 5.73. The Morgan fingerprint density at radius 1 is 1.48 bits per heavy atom. The third kappa shape index (κ3) is 4.52. The van der Waals surface area contributed by atoms with Crippen LogP contribution >= 0.6 is 0 Å². The van der Waals surface area contributed by atoms with Crippen molar-refractivity contribution in [3.63, 3.8) is 0 Å². The minimum absolute atomic E-state index is 0.150. The molecule has 0 N–H and O–H groups in total. The number of aromatic nitrogens is 2. The fourth-order valence-corrected chi connectivity index (χ4v) is 2.79. The van der Waals surface area contributed by atoms with Crippen molar-refractivity contribution in [3.8, 4) is 0 Å². The first-order valence-corrected chi connectivity index (χ1v) is 7.85. The molecule has 1 aliphatic rings. The van der Waals surface area contributed by atoms with Gasteiger partial charge in [0.05, 0.1) is 6.54 Å². The predicted octanol–water partition coefficient (Wildman–Crippen LogP) is 1.85. The van der Waals surface area contributed by atoms with E-state index in [-0.39, 0.29) is 5.91 Å². The molecule has 0 saturated carbocycles. The van der Waals surface area contributed by atoms with Crippen molar-refractivity contribution in [2.45, 2.75) is 58.0 Å². The third-order valence-electron chi connectivity index (χ3n) is 4.23. The molecule has 0 radical (unpaired) electrons. The summed E-state index contributed by atoms with van der Waals surface area (Å²) in [5, 5.41) is 3.88. The molecule has 1 aromatic heterocycles. The minimum atomic E-state index is 0.150. The Labute approximate surface area is 126 Å². The summed E-state index contributed by atoms with van der Waals surface area (Å²) < 4.78 is 5.06. The van der Waals surface area contributed by atoms with Crippen molar-refractivity contribution >= 4 is 5.91 Å². The highest BCUT2D eigenvalue weighted by Crippen LogP contribution is 2.19. The van der Waals surface area contributed by atoms with Gasteiger partial charge in [-0.25, -0.2) is 0 Å². The first-order valence-electron chi connectivity index (χ1n) is 7.85. The highest BCUT2D eigenvalue weighted by atomic mass is 16.5. The van der Waals surface area contributed by atoms with E-state index >= 15 is 0 Å². The van der Waals surface area contributed by atoms with Crippen molar-refractivity contribution in [3.05, 3.63) is 11.7 Å². The number of likely N-dealkylation sites (tertiary alicyclic amines) is 1. The fraction of sp³-hybridized carbons (Fsp3) is 0.800.